The van der Waals surface area contributed by atoms with Gasteiger partial charge in [0.1, 0.15) is 5.82 Å². The van der Waals surface area contributed by atoms with E-state index >= 15 is 0 Å². The van der Waals surface area contributed by atoms with Crippen LogP contribution in [0.15, 0.2) is 36.7 Å². The van der Waals surface area contributed by atoms with Gasteiger partial charge in [0.15, 0.2) is 0 Å². The Bertz CT molecular complexity index is 682. The number of urea groups is 1. The number of halogens is 1. The molecule has 1 aromatic heterocycles. The zero-order valence-electron chi connectivity index (χ0n) is 13.3. The predicted octanol–water partition coefficient (Wildman–Crippen LogP) is 3.27. The zero-order chi connectivity index (χ0) is 16.4. The number of nitrogens with zero attached hydrogens (tertiary/aromatic N) is 2. The average Bonchev–Trinajstić information content (AvgIpc) is 3.10. The van der Waals surface area contributed by atoms with Crippen molar-refractivity contribution >= 4 is 17.6 Å². The standard InChI is InChI=1S/C17H21ClN4O/c1-11-9-14(11)16(12-3-5-13(18)6-4-12)21-17(23)20-10-15-19-7-8-22(15)2/h3-8,11,14,16H,9-10H2,1-2H3,(H2,20,21,23)/t11-,14+,16+/m1/s1. The summed E-state index contributed by atoms with van der Waals surface area (Å²) < 4.78 is 1.89. The van der Waals surface area contributed by atoms with Gasteiger partial charge in [0.05, 0.1) is 12.6 Å². The van der Waals surface area contributed by atoms with Crippen LogP contribution < -0.4 is 10.6 Å². The first-order valence-corrected chi connectivity index (χ1v) is 8.18. The highest BCUT2D eigenvalue weighted by Gasteiger charge is 2.40. The van der Waals surface area contributed by atoms with Gasteiger partial charge in [-0.2, -0.15) is 0 Å². The number of nitrogens with one attached hydrogen (secondary N) is 2. The highest BCUT2D eigenvalue weighted by atomic mass is 35.5. The van der Waals surface area contributed by atoms with Crippen molar-refractivity contribution in [3.8, 4) is 0 Å². The zero-order valence-corrected chi connectivity index (χ0v) is 14.0. The smallest absolute Gasteiger partial charge is 0.315 e. The van der Waals surface area contributed by atoms with Crippen LogP contribution in [-0.2, 0) is 13.6 Å². The van der Waals surface area contributed by atoms with Gasteiger partial charge in [0.25, 0.3) is 0 Å². The molecule has 0 unspecified atom stereocenters. The maximum Gasteiger partial charge on any atom is 0.315 e. The Morgan fingerprint density at radius 2 is 2.13 bits per heavy atom. The first kappa shape index (κ1) is 15.9. The van der Waals surface area contributed by atoms with Gasteiger partial charge in [0.2, 0.25) is 0 Å². The number of aromatic nitrogens is 2. The van der Waals surface area contributed by atoms with Gasteiger partial charge in [-0.1, -0.05) is 30.7 Å². The third-order valence-electron chi connectivity index (χ3n) is 4.44. The van der Waals surface area contributed by atoms with Crippen LogP contribution in [0.3, 0.4) is 0 Å². The summed E-state index contributed by atoms with van der Waals surface area (Å²) in [5.74, 6) is 1.93. The highest BCUT2D eigenvalue weighted by Crippen LogP contribution is 2.47. The summed E-state index contributed by atoms with van der Waals surface area (Å²) in [4.78, 5) is 16.5. The van der Waals surface area contributed by atoms with E-state index < -0.39 is 0 Å². The molecule has 0 aliphatic heterocycles. The molecule has 2 aromatic rings. The molecule has 2 amide bonds. The first-order valence-electron chi connectivity index (χ1n) is 7.80. The monoisotopic (exact) mass is 332 g/mol. The van der Waals surface area contributed by atoms with E-state index in [9.17, 15) is 4.79 Å². The second-order valence-electron chi connectivity index (χ2n) is 6.19. The average molecular weight is 333 g/mol. The first-order chi connectivity index (χ1) is 11.0. The molecule has 122 valence electrons. The van der Waals surface area contributed by atoms with Crippen LogP contribution in [0, 0.1) is 11.8 Å². The minimum Gasteiger partial charge on any atom is -0.337 e. The van der Waals surface area contributed by atoms with E-state index in [4.69, 9.17) is 11.6 Å². The summed E-state index contributed by atoms with van der Waals surface area (Å²) >= 11 is 5.96. The summed E-state index contributed by atoms with van der Waals surface area (Å²) in [6.45, 7) is 2.62. The number of benzene rings is 1. The number of imidazole rings is 1. The molecule has 0 saturated heterocycles. The number of hydrogen-bond donors (Lipinski definition) is 2. The lowest BCUT2D eigenvalue weighted by molar-refractivity contribution is 0.234. The Balaban J connectivity index is 1.63. The van der Waals surface area contributed by atoms with E-state index in [0.717, 1.165) is 17.8 Å². The Morgan fingerprint density at radius 1 is 1.43 bits per heavy atom. The number of hydrogen-bond acceptors (Lipinski definition) is 2. The minimum absolute atomic E-state index is 0.0173. The molecular weight excluding hydrogens is 312 g/mol. The van der Waals surface area contributed by atoms with E-state index in [2.05, 4.69) is 22.5 Å². The van der Waals surface area contributed by atoms with E-state index in [1.165, 1.54) is 0 Å². The van der Waals surface area contributed by atoms with Gasteiger partial charge in [-0.3, -0.25) is 0 Å². The summed E-state index contributed by atoms with van der Waals surface area (Å²) in [6.07, 6.45) is 4.71. The third kappa shape index (κ3) is 3.85. The lowest BCUT2D eigenvalue weighted by Gasteiger charge is -2.20. The Labute approximate surface area is 141 Å². The van der Waals surface area contributed by atoms with Gasteiger partial charge in [-0.15, -0.1) is 0 Å². The van der Waals surface area contributed by atoms with Crippen LogP contribution in [0.1, 0.15) is 30.8 Å². The number of carbonyl (C=O) groups is 1. The van der Waals surface area contributed by atoms with Crippen molar-refractivity contribution in [2.45, 2.75) is 25.9 Å². The van der Waals surface area contributed by atoms with Crippen molar-refractivity contribution in [2.75, 3.05) is 0 Å². The molecule has 1 aliphatic rings. The molecule has 0 bridgehead atoms. The van der Waals surface area contributed by atoms with Crippen molar-refractivity contribution in [2.24, 2.45) is 18.9 Å². The molecule has 0 spiro atoms. The highest BCUT2D eigenvalue weighted by molar-refractivity contribution is 6.30. The van der Waals surface area contributed by atoms with Crippen LogP contribution in [0.4, 0.5) is 4.79 Å². The fourth-order valence-corrected chi connectivity index (χ4v) is 2.97. The van der Waals surface area contributed by atoms with Crippen LogP contribution >= 0.6 is 11.6 Å². The van der Waals surface area contributed by atoms with Gasteiger partial charge in [0, 0.05) is 24.5 Å². The van der Waals surface area contributed by atoms with E-state index in [-0.39, 0.29) is 12.1 Å². The third-order valence-corrected chi connectivity index (χ3v) is 4.70. The molecule has 3 rings (SSSR count). The van der Waals surface area contributed by atoms with Crippen LogP contribution in [0.25, 0.3) is 0 Å². The lowest BCUT2D eigenvalue weighted by Crippen LogP contribution is -2.39. The van der Waals surface area contributed by atoms with Crippen LogP contribution in [0.2, 0.25) is 5.02 Å². The largest absolute Gasteiger partial charge is 0.337 e. The summed E-state index contributed by atoms with van der Waals surface area (Å²) in [6, 6.07) is 7.54. The normalized spacial score (nSPS) is 20.8. The molecule has 1 saturated carbocycles. The number of rotatable bonds is 5. The van der Waals surface area contributed by atoms with E-state index in [1.807, 2.05) is 42.1 Å². The molecule has 1 fully saturated rings. The number of carbonyl (C=O) groups excluding carboxylic acids is 1. The number of aryl methyl sites for hydroxylation is 1. The molecule has 3 atom stereocenters. The summed E-state index contributed by atoms with van der Waals surface area (Å²) in [5.41, 5.74) is 1.09. The SMILES string of the molecule is C[C@@H]1C[C@@H]1[C@@H](NC(=O)NCc1nccn1C)c1ccc(Cl)cc1. The van der Waals surface area contributed by atoms with Crippen molar-refractivity contribution < 1.29 is 4.79 Å². The summed E-state index contributed by atoms with van der Waals surface area (Å²) in [7, 11) is 1.91. The topological polar surface area (TPSA) is 59.0 Å². The maximum absolute atomic E-state index is 12.3. The van der Waals surface area contributed by atoms with Crippen LogP contribution in [0.5, 0.6) is 0 Å². The second kappa shape index (κ2) is 6.62. The molecular formula is C17H21ClN4O. The van der Waals surface area contributed by atoms with Gasteiger partial charge in [-0.25, -0.2) is 9.78 Å². The van der Waals surface area contributed by atoms with Crippen molar-refractivity contribution in [3.05, 3.63) is 53.1 Å². The van der Waals surface area contributed by atoms with Gasteiger partial charge < -0.3 is 15.2 Å². The molecule has 0 radical (unpaired) electrons. The Hall–Kier alpha value is -2.01. The molecule has 6 heteroatoms. The molecule has 2 N–H and O–H groups in total. The second-order valence-corrected chi connectivity index (χ2v) is 6.62. The lowest BCUT2D eigenvalue weighted by atomic mass is 10.0. The maximum atomic E-state index is 12.3. The fraction of sp³-hybridized carbons (Fsp3) is 0.412. The van der Waals surface area contributed by atoms with E-state index in [0.29, 0.717) is 23.4 Å². The molecule has 5 nitrogen and oxygen atoms in total. The van der Waals surface area contributed by atoms with E-state index in [1.54, 1.807) is 6.20 Å². The summed E-state index contributed by atoms with van der Waals surface area (Å²) in [5, 5.41) is 6.68. The van der Waals surface area contributed by atoms with Crippen LogP contribution in [-0.4, -0.2) is 15.6 Å². The Morgan fingerprint density at radius 3 is 2.70 bits per heavy atom. The minimum atomic E-state index is -0.174. The fourth-order valence-electron chi connectivity index (χ4n) is 2.84. The Kier molecular flexibility index (Phi) is 4.57. The predicted molar refractivity (Wildman–Crippen MR) is 90.0 cm³/mol. The van der Waals surface area contributed by atoms with Gasteiger partial charge in [-0.05, 0) is 36.0 Å². The molecule has 23 heavy (non-hydrogen) atoms. The molecule has 1 heterocycles. The molecule has 1 aromatic carbocycles. The quantitative estimate of drug-likeness (QED) is 0.882. The van der Waals surface area contributed by atoms with Crippen molar-refractivity contribution in [3.63, 3.8) is 0 Å². The van der Waals surface area contributed by atoms with Crippen molar-refractivity contribution in [1.29, 1.82) is 0 Å². The van der Waals surface area contributed by atoms with Crippen molar-refractivity contribution in [1.82, 2.24) is 20.2 Å². The molecule has 1 aliphatic carbocycles. The van der Waals surface area contributed by atoms with Gasteiger partial charge >= 0.3 is 6.03 Å². The number of amides is 2.